The minimum Gasteiger partial charge on any atom is -0.310 e. The quantitative estimate of drug-likeness (QED) is 0.933. The highest BCUT2D eigenvalue weighted by Gasteiger charge is 2.29. The van der Waals surface area contributed by atoms with E-state index in [0.29, 0.717) is 0 Å². The van der Waals surface area contributed by atoms with Gasteiger partial charge in [0.05, 0.1) is 11.7 Å². The maximum Gasteiger partial charge on any atom is 0.244 e. The fraction of sp³-hybridized carbons (Fsp3) is 0.389. The van der Waals surface area contributed by atoms with Gasteiger partial charge in [-0.3, -0.25) is 4.79 Å². The van der Waals surface area contributed by atoms with Crippen LogP contribution in [-0.4, -0.2) is 25.0 Å². The first-order valence-corrected chi connectivity index (χ1v) is 7.84. The van der Waals surface area contributed by atoms with E-state index in [1.165, 1.54) is 5.39 Å². The van der Waals surface area contributed by atoms with E-state index in [2.05, 4.69) is 36.5 Å². The third-order valence-corrected chi connectivity index (χ3v) is 4.14. The second kappa shape index (κ2) is 6.27. The summed E-state index contributed by atoms with van der Waals surface area (Å²) in [5.41, 5.74) is 1.04. The van der Waals surface area contributed by atoms with Crippen molar-refractivity contribution < 1.29 is 4.79 Å². The molecule has 0 aliphatic carbocycles. The largest absolute Gasteiger partial charge is 0.310 e. The first-order chi connectivity index (χ1) is 10.3. The van der Waals surface area contributed by atoms with Crippen LogP contribution in [0.1, 0.15) is 26.2 Å². The molecule has 2 aromatic carbocycles. The summed E-state index contributed by atoms with van der Waals surface area (Å²) in [6.07, 6.45) is 3.05. The molecule has 3 rings (SSSR count). The van der Waals surface area contributed by atoms with Gasteiger partial charge in [-0.1, -0.05) is 43.3 Å². The second-order valence-electron chi connectivity index (χ2n) is 5.64. The Kier molecular flexibility index (Phi) is 4.20. The Hall–Kier alpha value is -1.87. The van der Waals surface area contributed by atoms with Crippen LogP contribution < -0.4 is 10.2 Å². The summed E-state index contributed by atoms with van der Waals surface area (Å²) < 4.78 is 0. The summed E-state index contributed by atoms with van der Waals surface area (Å²) in [7, 11) is 0. The van der Waals surface area contributed by atoms with Gasteiger partial charge in [0.25, 0.3) is 0 Å². The lowest BCUT2D eigenvalue weighted by atomic mass is 10.0. The number of benzene rings is 2. The third-order valence-electron chi connectivity index (χ3n) is 4.14. The second-order valence-corrected chi connectivity index (χ2v) is 5.64. The molecule has 0 bridgehead atoms. The Labute approximate surface area is 125 Å². The Balaban J connectivity index is 1.92. The number of piperidine rings is 1. The van der Waals surface area contributed by atoms with E-state index in [0.717, 1.165) is 43.4 Å². The maximum atomic E-state index is 12.7. The van der Waals surface area contributed by atoms with Gasteiger partial charge in [-0.15, -0.1) is 0 Å². The standard InChI is InChI=1S/C18H22N2O/c1-2-12-19-16-10-6-13-20(18(16)21)17-11-5-8-14-7-3-4-9-15(14)17/h3-5,7-9,11,16,19H,2,6,10,12-13H2,1H3. The lowest BCUT2D eigenvalue weighted by Gasteiger charge is -2.33. The number of carbonyl (C=O) groups is 1. The van der Waals surface area contributed by atoms with Gasteiger partial charge in [-0.2, -0.15) is 0 Å². The van der Waals surface area contributed by atoms with Gasteiger partial charge in [0.2, 0.25) is 5.91 Å². The summed E-state index contributed by atoms with van der Waals surface area (Å²) >= 11 is 0. The zero-order valence-electron chi connectivity index (χ0n) is 12.5. The van der Waals surface area contributed by atoms with E-state index in [9.17, 15) is 4.79 Å². The van der Waals surface area contributed by atoms with E-state index in [1.54, 1.807) is 0 Å². The van der Waals surface area contributed by atoms with E-state index < -0.39 is 0 Å². The van der Waals surface area contributed by atoms with E-state index in [4.69, 9.17) is 0 Å². The molecule has 0 radical (unpaired) electrons. The van der Waals surface area contributed by atoms with Gasteiger partial charge in [0, 0.05) is 11.9 Å². The molecule has 3 nitrogen and oxygen atoms in total. The van der Waals surface area contributed by atoms with Crippen molar-refractivity contribution >= 4 is 22.4 Å². The highest BCUT2D eigenvalue weighted by atomic mass is 16.2. The number of anilines is 1. The van der Waals surface area contributed by atoms with Crippen molar-refractivity contribution in [1.29, 1.82) is 0 Å². The van der Waals surface area contributed by atoms with Crippen molar-refractivity contribution in [3.8, 4) is 0 Å². The minimum absolute atomic E-state index is 0.0299. The minimum atomic E-state index is -0.0299. The molecule has 2 aromatic rings. The lowest BCUT2D eigenvalue weighted by molar-refractivity contribution is -0.121. The molecule has 1 fully saturated rings. The van der Waals surface area contributed by atoms with Crippen molar-refractivity contribution in [3.63, 3.8) is 0 Å². The normalized spacial score (nSPS) is 19.2. The Morgan fingerprint density at radius 2 is 2.00 bits per heavy atom. The summed E-state index contributed by atoms with van der Waals surface area (Å²) in [5.74, 6) is 0.214. The zero-order valence-corrected chi connectivity index (χ0v) is 12.5. The number of carbonyl (C=O) groups excluding carboxylic acids is 1. The number of nitrogens with zero attached hydrogens (tertiary/aromatic N) is 1. The van der Waals surface area contributed by atoms with Crippen molar-refractivity contribution in [2.45, 2.75) is 32.2 Å². The summed E-state index contributed by atoms with van der Waals surface area (Å²) in [6.45, 7) is 3.85. The molecule has 0 saturated carbocycles. The highest BCUT2D eigenvalue weighted by molar-refractivity contribution is 6.05. The van der Waals surface area contributed by atoms with Gasteiger partial charge in [0.15, 0.2) is 0 Å². The van der Waals surface area contributed by atoms with Crippen LogP contribution in [0.3, 0.4) is 0 Å². The van der Waals surface area contributed by atoms with Gasteiger partial charge >= 0.3 is 0 Å². The summed E-state index contributed by atoms with van der Waals surface area (Å²) in [4.78, 5) is 14.7. The molecule has 1 N–H and O–H groups in total. The van der Waals surface area contributed by atoms with Crippen LogP contribution in [0.15, 0.2) is 42.5 Å². The average molecular weight is 282 g/mol. The smallest absolute Gasteiger partial charge is 0.244 e. The van der Waals surface area contributed by atoms with Crippen LogP contribution in [0.25, 0.3) is 10.8 Å². The SMILES string of the molecule is CCCNC1CCCN(c2cccc3ccccc23)C1=O. The van der Waals surface area contributed by atoms with Crippen molar-refractivity contribution in [2.75, 3.05) is 18.0 Å². The number of hydrogen-bond acceptors (Lipinski definition) is 2. The topological polar surface area (TPSA) is 32.3 Å². The van der Waals surface area contributed by atoms with Crippen LogP contribution in [-0.2, 0) is 4.79 Å². The fourth-order valence-corrected chi connectivity index (χ4v) is 3.07. The monoisotopic (exact) mass is 282 g/mol. The predicted molar refractivity (Wildman–Crippen MR) is 87.6 cm³/mol. The third kappa shape index (κ3) is 2.79. The molecular weight excluding hydrogens is 260 g/mol. The van der Waals surface area contributed by atoms with Crippen molar-refractivity contribution in [3.05, 3.63) is 42.5 Å². The summed E-state index contributed by atoms with van der Waals surface area (Å²) in [5, 5.41) is 5.72. The van der Waals surface area contributed by atoms with Gasteiger partial charge in [0.1, 0.15) is 0 Å². The van der Waals surface area contributed by atoms with Crippen LogP contribution in [0.4, 0.5) is 5.69 Å². The Morgan fingerprint density at radius 3 is 2.86 bits per heavy atom. The maximum absolute atomic E-state index is 12.7. The van der Waals surface area contributed by atoms with Crippen LogP contribution in [0.5, 0.6) is 0 Å². The molecule has 1 atom stereocenters. The molecule has 0 spiro atoms. The van der Waals surface area contributed by atoms with Crippen LogP contribution in [0.2, 0.25) is 0 Å². The molecule has 110 valence electrons. The number of fused-ring (bicyclic) bond motifs is 1. The van der Waals surface area contributed by atoms with E-state index in [-0.39, 0.29) is 11.9 Å². The van der Waals surface area contributed by atoms with E-state index >= 15 is 0 Å². The van der Waals surface area contributed by atoms with Gasteiger partial charge in [-0.25, -0.2) is 0 Å². The number of rotatable bonds is 4. The zero-order chi connectivity index (χ0) is 14.7. The molecule has 1 saturated heterocycles. The molecule has 1 aliphatic heterocycles. The molecule has 0 aromatic heterocycles. The number of hydrogen-bond donors (Lipinski definition) is 1. The van der Waals surface area contributed by atoms with Gasteiger partial charge in [-0.05, 0) is 37.3 Å². The van der Waals surface area contributed by atoms with Crippen molar-refractivity contribution in [1.82, 2.24) is 5.32 Å². The fourth-order valence-electron chi connectivity index (χ4n) is 3.07. The number of amides is 1. The Bertz CT molecular complexity index is 633. The molecule has 1 amide bonds. The molecule has 3 heteroatoms. The average Bonchev–Trinajstić information content (AvgIpc) is 2.53. The number of nitrogens with one attached hydrogen (secondary N) is 1. The van der Waals surface area contributed by atoms with Gasteiger partial charge < -0.3 is 10.2 Å². The molecule has 1 heterocycles. The summed E-state index contributed by atoms with van der Waals surface area (Å²) in [6, 6.07) is 14.4. The molecule has 1 unspecified atom stereocenters. The van der Waals surface area contributed by atoms with Crippen molar-refractivity contribution in [2.24, 2.45) is 0 Å². The van der Waals surface area contributed by atoms with Crippen LogP contribution >= 0.6 is 0 Å². The predicted octanol–water partition coefficient (Wildman–Crippen LogP) is 3.33. The molecule has 21 heavy (non-hydrogen) atoms. The molecule has 1 aliphatic rings. The highest BCUT2D eigenvalue weighted by Crippen LogP contribution is 2.29. The Morgan fingerprint density at radius 1 is 1.19 bits per heavy atom. The van der Waals surface area contributed by atoms with Crippen LogP contribution in [0, 0.1) is 0 Å². The molecular formula is C18H22N2O. The first kappa shape index (κ1) is 14.1. The van der Waals surface area contributed by atoms with E-state index in [1.807, 2.05) is 23.1 Å². The lowest BCUT2D eigenvalue weighted by Crippen LogP contribution is -2.51. The first-order valence-electron chi connectivity index (χ1n) is 7.84.